The van der Waals surface area contributed by atoms with Crippen molar-refractivity contribution in [1.29, 1.82) is 0 Å². The van der Waals surface area contributed by atoms with Crippen molar-refractivity contribution in [2.24, 2.45) is 0 Å². The molecule has 144 valence electrons. The summed E-state index contributed by atoms with van der Waals surface area (Å²) in [6.45, 7) is 6.70. The van der Waals surface area contributed by atoms with E-state index in [9.17, 15) is 4.79 Å². The van der Waals surface area contributed by atoms with Gasteiger partial charge in [-0.2, -0.15) is 4.98 Å². The summed E-state index contributed by atoms with van der Waals surface area (Å²) >= 11 is 6.14. The first-order chi connectivity index (χ1) is 12.8. The molecule has 0 bridgehead atoms. The van der Waals surface area contributed by atoms with Crippen LogP contribution >= 0.6 is 11.6 Å². The number of amides is 1. The molecule has 2 aromatic rings. The zero-order valence-electron chi connectivity index (χ0n) is 15.6. The second kappa shape index (κ2) is 8.00. The van der Waals surface area contributed by atoms with Gasteiger partial charge in [-0.1, -0.05) is 29.8 Å². The van der Waals surface area contributed by atoms with E-state index >= 15 is 0 Å². The summed E-state index contributed by atoms with van der Waals surface area (Å²) in [6.07, 6.45) is 1.97. The smallest absolute Gasteiger partial charge is 0.410 e. The number of nitrogens with one attached hydrogen (secondary N) is 1. The first kappa shape index (κ1) is 19.2. The third-order valence-electron chi connectivity index (χ3n) is 3.84. The maximum absolute atomic E-state index is 12.2. The minimum absolute atomic E-state index is 0.0308. The fourth-order valence-corrected chi connectivity index (χ4v) is 2.78. The average molecular weight is 391 g/mol. The van der Waals surface area contributed by atoms with Crippen LogP contribution in [0.5, 0.6) is 11.6 Å². The molecule has 7 nitrogen and oxygen atoms in total. The van der Waals surface area contributed by atoms with Crippen molar-refractivity contribution < 1.29 is 14.3 Å². The van der Waals surface area contributed by atoms with Crippen LogP contribution in [0.25, 0.3) is 0 Å². The number of aromatic nitrogens is 2. The molecule has 0 aliphatic carbocycles. The minimum atomic E-state index is -0.508. The third-order valence-corrected chi connectivity index (χ3v) is 4.10. The lowest BCUT2D eigenvalue weighted by Crippen LogP contribution is -2.36. The van der Waals surface area contributed by atoms with Crippen LogP contribution in [-0.2, 0) is 4.74 Å². The van der Waals surface area contributed by atoms with Crippen LogP contribution in [0.3, 0.4) is 0 Å². The Morgan fingerprint density at radius 1 is 1.30 bits per heavy atom. The number of hydrogen-bond acceptors (Lipinski definition) is 6. The second-order valence-electron chi connectivity index (χ2n) is 7.32. The topological polar surface area (TPSA) is 76.6 Å². The number of nitrogens with zero attached hydrogens (tertiary/aromatic N) is 3. The van der Waals surface area contributed by atoms with E-state index in [1.54, 1.807) is 4.90 Å². The Morgan fingerprint density at radius 2 is 2.04 bits per heavy atom. The molecule has 2 heterocycles. The molecule has 1 aliphatic rings. The van der Waals surface area contributed by atoms with E-state index in [0.29, 0.717) is 29.8 Å². The Labute approximate surface area is 163 Å². The van der Waals surface area contributed by atoms with Crippen molar-refractivity contribution in [2.75, 3.05) is 18.4 Å². The van der Waals surface area contributed by atoms with E-state index in [-0.39, 0.29) is 18.0 Å². The Hall–Kier alpha value is -2.54. The maximum atomic E-state index is 12.2. The molecule has 3 rings (SSSR count). The Balaban J connectivity index is 1.61. The van der Waals surface area contributed by atoms with Crippen LogP contribution in [0.2, 0.25) is 5.02 Å². The molecule has 8 heteroatoms. The second-order valence-corrected chi connectivity index (χ2v) is 7.73. The Kier molecular flexibility index (Phi) is 5.70. The summed E-state index contributed by atoms with van der Waals surface area (Å²) in [5.41, 5.74) is -0.508. The van der Waals surface area contributed by atoms with Gasteiger partial charge in [0.05, 0.1) is 6.20 Å². The number of anilines is 1. The molecular weight excluding hydrogens is 368 g/mol. The summed E-state index contributed by atoms with van der Waals surface area (Å²) in [4.78, 5) is 22.4. The van der Waals surface area contributed by atoms with Crippen LogP contribution < -0.4 is 10.1 Å². The summed E-state index contributed by atoms with van der Waals surface area (Å²) in [5.74, 6) is 1.32. The number of carbonyl (C=O) groups excluding carboxylic acids is 1. The van der Waals surface area contributed by atoms with Gasteiger partial charge in [0, 0.05) is 19.1 Å². The number of ether oxygens (including phenoxy) is 2. The van der Waals surface area contributed by atoms with Crippen molar-refractivity contribution in [3.8, 4) is 11.6 Å². The van der Waals surface area contributed by atoms with E-state index in [0.717, 1.165) is 6.42 Å². The van der Waals surface area contributed by atoms with Gasteiger partial charge in [-0.05, 0) is 39.3 Å². The van der Waals surface area contributed by atoms with Gasteiger partial charge in [-0.15, -0.1) is 0 Å². The van der Waals surface area contributed by atoms with Crippen molar-refractivity contribution in [3.05, 3.63) is 41.6 Å². The number of halogens is 1. The molecule has 0 spiro atoms. The van der Waals surface area contributed by atoms with E-state index < -0.39 is 5.60 Å². The van der Waals surface area contributed by atoms with E-state index in [1.807, 2.05) is 51.1 Å². The van der Waals surface area contributed by atoms with Gasteiger partial charge in [0.25, 0.3) is 0 Å². The average Bonchev–Trinajstić information content (AvgIpc) is 3.06. The number of carbonyl (C=O) groups is 1. The normalized spacial score (nSPS) is 16.9. The predicted octanol–water partition coefficient (Wildman–Crippen LogP) is 4.34. The van der Waals surface area contributed by atoms with Crippen LogP contribution in [0.1, 0.15) is 27.2 Å². The molecule has 1 fully saturated rings. The molecule has 0 radical (unpaired) electrons. The van der Waals surface area contributed by atoms with Gasteiger partial charge in [0.1, 0.15) is 16.4 Å². The molecule has 1 aromatic heterocycles. The quantitative estimate of drug-likeness (QED) is 0.836. The first-order valence-corrected chi connectivity index (χ1v) is 9.18. The standard InChI is InChI=1S/C19H23ClN4O3/c1-19(2,3)27-18(25)24-10-9-13(12-24)22-17-21-11-15(20)16(23-17)26-14-7-5-4-6-8-14/h4-8,11,13H,9-10,12H2,1-3H3,(H,21,22,23)/t13-/m1/s1. The van der Waals surface area contributed by atoms with Gasteiger partial charge in [-0.25, -0.2) is 9.78 Å². The third kappa shape index (κ3) is 5.47. The minimum Gasteiger partial charge on any atom is -0.444 e. The summed E-state index contributed by atoms with van der Waals surface area (Å²) in [7, 11) is 0. The lowest BCUT2D eigenvalue weighted by Gasteiger charge is -2.24. The molecule has 0 saturated carbocycles. The molecular formula is C19H23ClN4O3. The SMILES string of the molecule is CC(C)(C)OC(=O)N1CC[C@@H](Nc2ncc(Cl)c(Oc3ccccc3)n2)C1. The van der Waals surface area contributed by atoms with E-state index in [4.69, 9.17) is 21.1 Å². The zero-order chi connectivity index (χ0) is 19.4. The Bertz CT molecular complexity index is 795. The van der Waals surface area contributed by atoms with E-state index in [1.165, 1.54) is 6.20 Å². The van der Waals surface area contributed by atoms with Crippen LogP contribution in [0.4, 0.5) is 10.7 Å². The lowest BCUT2D eigenvalue weighted by atomic mass is 10.2. The largest absolute Gasteiger partial charge is 0.444 e. The van der Waals surface area contributed by atoms with Gasteiger partial charge in [0.15, 0.2) is 0 Å². The molecule has 1 aliphatic heterocycles. The highest BCUT2D eigenvalue weighted by Crippen LogP contribution is 2.28. The van der Waals surface area contributed by atoms with Crippen LogP contribution in [0.15, 0.2) is 36.5 Å². The van der Waals surface area contributed by atoms with Gasteiger partial charge >= 0.3 is 6.09 Å². The van der Waals surface area contributed by atoms with Crippen molar-refractivity contribution >= 4 is 23.6 Å². The molecule has 1 amide bonds. The van der Waals surface area contributed by atoms with Gasteiger partial charge in [-0.3, -0.25) is 0 Å². The number of hydrogen-bond donors (Lipinski definition) is 1. The van der Waals surface area contributed by atoms with Crippen molar-refractivity contribution in [2.45, 2.75) is 38.8 Å². The number of para-hydroxylation sites is 1. The monoisotopic (exact) mass is 390 g/mol. The highest BCUT2D eigenvalue weighted by atomic mass is 35.5. The molecule has 1 saturated heterocycles. The molecule has 27 heavy (non-hydrogen) atoms. The summed E-state index contributed by atoms with van der Waals surface area (Å²) in [5, 5.41) is 3.56. The van der Waals surface area contributed by atoms with Crippen molar-refractivity contribution in [3.63, 3.8) is 0 Å². The molecule has 1 aromatic carbocycles. The van der Waals surface area contributed by atoms with Crippen LogP contribution in [0, 0.1) is 0 Å². The first-order valence-electron chi connectivity index (χ1n) is 8.80. The van der Waals surface area contributed by atoms with E-state index in [2.05, 4.69) is 15.3 Å². The molecule has 1 N–H and O–H groups in total. The Morgan fingerprint density at radius 3 is 2.74 bits per heavy atom. The fourth-order valence-electron chi connectivity index (χ4n) is 2.65. The fraction of sp³-hybridized carbons (Fsp3) is 0.421. The molecule has 1 atom stereocenters. The highest BCUT2D eigenvalue weighted by molar-refractivity contribution is 6.31. The molecule has 0 unspecified atom stereocenters. The van der Waals surface area contributed by atoms with Gasteiger partial charge in [0.2, 0.25) is 11.8 Å². The van der Waals surface area contributed by atoms with Crippen LogP contribution in [-0.4, -0.2) is 45.7 Å². The number of rotatable bonds is 4. The lowest BCUT2D eigenvalue weighted by molar-refractivity contribution is 0.0293. The number of likely N-dealkylation sites (tertiary alicyclic amines) is 1. The number of benzene rings is 1. The summed E-state index contributed by atoms with van der Waals surface area (Å²) in [6, 6.07) is 9.31. The van der Waals surface area contributed by atoms with Crippen molar-refractivity contribution in [1.82, 2.24) is 14.9 Å². The zero-order valence-corrected chi connectivity index (χ0v) is 16.4. The highest BCUT2D eigenvalue weighted by Gasteiger charge is 2.30. The maximum Gasteiger partial charge on any atom is 0.410 e. The summed E-state index contributed by atoms with van der Waals surface area (Å²) < 4.78 is 11.1. The van der Waals surface area contributed by atoms with Gasteiger partial charge < -0.3 is 19.7 Å². The predicted molar refractivity (Wildman–Crippen MR) is 103 cm³/mol.